The topological polar surface area (TPSA) is 24.9 Å². The molecule has 0 saturated heterocycles. The molecule has 0 saturated carbocycles. The summed E-state index contributed by atoms with van der Waals surface area (Å²) >= 11 is 0. The zero-order valence-corrected chi connectivity index (χ0v) is 8.23. The van der Waals surface area contributed by atoms with E-state index in [0.717, 1.165) is 23.9 Å². The van der Waals surface area contributed by atoms with E-state index in [2.05, 4.69) is 16.9 Å². The number of pyridine rings is 1. The molecule has 0 spiro atoms. The van der Waals surface area contributed by atoms with Gasteiger partial charge in [-0.15, -0.1) is 0 Å². The van der Waals surface area contributed by atoms with E-state index >= 15 is 0 Å². The maximum absolute atomic E-state index is 12.3. The Balaban J connectivity index is 2.79. The molecular formula is C10H11F3N2. The van der Waals surface area contributed by atoms with Crippen molar-refractivity contribution in [1.82, 2.24) is 4.98 Å². The Morgan fingerprint density at radius 2 is 2.20 bits per heavy atom. The van der Waals surface area contributed by atoms with Gasteiger partial charge in [0.05, 0.1) is 5.56 Å². The van der Waals surface area contributed by atoms with Gasteiger partial charge in [0.15, 0.2) is 0 Å². The number of aromatic nitrogens is 1. The predicted octanol–water partition coefficient (Wildman–Crippen LogP) is 3.09. The first kappa shape index (κ1) is 11.6. The molecular weight excluding hydrogens is 205 g/mol. The molecule has 0 aromatic carbocycles. The van der Waals surface area contributed by atoms with Crippen LogP contribution < -0.4 is 5.32 Å². The fourth-order valence-corrected chi connectivity index (χ4v) is 0.945. The summed E-state index contributed by atoms with van der Waals surface area (Å²) in [4.78, 5) is 3.77. The minimum Gasteiger partial charge on any atom is -0.366 e. The van der Waals surface area contributed by atoms with Gasteiger partial charge in [0.1, 0.15) is 5.82 Å². The lowest BCUT2D eigenvalue weighted by Gasteiger charge is -2.09. The van der Waals surface area contributed by atoms with Crippen LogP contribution in [-0.2, 0) is 6.18 Å². The first-order valence-corrected chi connectivity index (χ1v) is 4.31. The molecule has 0 radical (unpaired) electrons. The summed E-state index contributed by atoms with van der Waals surface area (Å²) in [5.41, 5.74) is 0.121. The van der Waals surface area contributed by atoms with Crippen molar-refractivity contribution in [2.45, 2.75) is 13.1 Å². The lowest BCUT2D eigenvalue weighted by Crippen LogP contribution is -2.08. The van der Waals surface area contributed by atoms with Crippen LogP contribution in [0, 0.1) is 0 Å². The van der Waals surface area contributed by atoms with Gasteiger partial charge < -0.3 is 5.32 Å². The molecule has 0 aliphatic heterocycles. The molecule has 2 nitrogen and oxygen atoms in total. The highest BCUT2D eigenvalue weighted by molar-refractivity contribution is 5.39. The number of hydrogen-bond donors (Lipinski definition) is 1. The van der Waals surface area contributed by atoms with Gasteiger partial charge in [-0.3, -0.25) is 0 Å². The van der Waals surface area contributed by atoms with Crippen LogP contribution in [0.4, 0.5) is 19.0 Å². The summed E-state index contributed by atoms with van der Waals surface area (Å²) in [5.74, 6) is 0.202. The summed E-state index contributed by atoms with van der Waals surface area (Å²) in [6.45, 7) is 5.82. The highest BCUT2D eigenvalue weighted by Gasteiger charge is 2.30. The molecule has 0 unspecified atom stereocenters. The molecule has 0 amide bonds. The van der Waals surface area contributed by atoms with E-state index in [1.807, 2.05) is 0 Å². The SMILES string of the molecule is C=C(C)CNc1cc(C(F)(F)F)ccn1. The van der Waals surface area contributed by atoms with E-state index in [9.17, 15) is 13.2 Å². The fraction of sp³-hybridized carbons (Fsp3) is 0.300. The number of rotatable bonds is 3. The largest absolute Gasteiger partial charge is 0.416 e. The molecule has 0 fully saturated rings. The third-order valence-corrected chi connectivity index (χ3v) is 1.66. The first-order valence-electron chi connectivity index (χ1n) is 4.31. The Kier molecular flexibility index (Phi) is 3.34. The minimum atomic E-state index is -4.33. The fourth-order valence-electron chi connectivity index (χ4n) is 0.945. The van der Waals surface area contributed by atoms with Crippen molar-refractivity contribution < 1.29 is 13.2 Å². The van der Waals surface area contributed by atoms with Gasteiger partial charge in [-0.1, -0.05) is 12.2 Å². The number of nitrogens with one attached hydrogen (secondary N) is 1. The minimum absolute atomic E-state index is 0.202. The quantitative estimate of drug-likeness (QED) is 0.785. The van der Waals surface area contributed by atoms with E-state index in [1.165, 1.54) is 0 Å². The summed E-state index contributed by atoms with van der Waals surface area (Å²) in [6.07, 6.45) is -3.20. The van der Waals surface area contributed by atoms with Crippen LogP contribution in [0.5, 0.6) is 0 Å². The van der Waals surface area contributed by atoms with Crippen molar-refractivity contribution in [3.8, 4) is 0 Å². The Bertz CT molecular complexity index is 358. The van der Waals surface area contributed by atoms with Crippen LogP contribution in [0.3, 0.4) is 0 Å². The van der Waals surface area contributed by atoms with Crippen molar-refractivity contribution >= 4 is 5.82 Å². The van der Waals surface area contributed by atoms with E-state index in [-0.39, 0.29) is 5.82 Å². The number of halogens is 3. The predicted molar refractivity (Wildman–Crippen MR) is 52.5 cm³/mol. The van der Waals surface area contributed by atoms with Crippen LogP contribution >= 0.6 is 0 Å². The Labute approximate surface area is 85.8 Å². The van der Waals surface area contributed by atoms with Gasteiger partial charge in [-0.2, -0.15) is 13.2 Å². The number of nitrogens with zero attached hydrogens (tertiary/aromatic N) is 1. The van der Waals surface area contributed by atoms with E-state index in [0.29, 0.717) is 6.54 Å². The highest BCUT2D eigenvalue weighted by Crippen LogP contribution is 2.29. The zero-order chi connectivity index (χ0) is 11.5. The maximum Gasteiger partial charge on any atom is 0.416 e. The standard InChI is InChI=1S/C10H11F3N2/c1-7(2)6-15-9-5-8(3-4-14-9)10(11,12)13/h3-5H,1,6H2,2H3,(H,14,15). The third-order valence-electron chi connectivity index (χ3n) is 1.66. The van der Waals surface area contributed by atoms with Crippen molar-refractivity contribution in [2.24, 2.45) is 0 Å². The molecule has 1 heterocycles. The summed E-state index contributed by atoms with van der Waals surface area (Å²) in [6, 6.07) is 1.91. The number of anilines is 1. The monoisotopic (exact) mass is 216 g/mol. The van der Waals surface area contributed by atoms with Crippen molar-refractivity contribution in [2.75, 3.05) is 11.9 Å². The van der Waals surface area contributed by atoms with Crippen LogP contribution in [0.25, 0.3) is 0 Å². The first-order chi connectivity index (χ1) is 6.89. The van der Waals surface area contributed by atoms with Crippen molar-refractivity contribution in [3.63, 3.8) is 0 Å². The molecule has 82 valence electrons. The zero-order valence-electron chi connectivity index (χ0n) is 8.23. The van der Waals surface area contributed by atoms with E-state index in [1.54, 1.807) is 6.92 Å². The van der Waals surface area contributed by atoms with Gasteiger partial charge in [0.2, 0.25) is 0 Å². The number of hydrogen-bond acceptors (Lipinski definition) is 2. The van der Waals surface area contributed by atoms with E-state index < -0.39 is 11.7 Å². The summed E-state index contributed by atoms with van der Waals surface area (Å²) in [7, 11) is 0. The molecule has 1 rings (SSSR count). The Morgan fingerprint density at radius 1 is 1.53 bits per heavy atom. The van der Waals surface area contributed by atoms with Crippen molar-refractivity contribution in [3.05, 3.63) is 36.0 Å². The molecule has 1 aromatic heterocycles. The molecule has 1 aromatic rings. The molecule has 1 N–H and O–H groups in total. The average molecular weight is 216 g/mol. The molecule has 0 aliphatic carbocycles. The van der Waals surface area contributed by atoms with Gasteiger partial charge in [0.25, 0.3) is 0 Å². The smallest absolute Gasteiger partial charge is 0.366 e. The highest BCUT2D eigenvalue weighted by atomic mass is 19.4. The van der Waals surface area contributed by atoms with Crippen LogP contribution in [-0.4, -0.2) is 11.5 Å². The molecule has 0 aliphatic rings. The second-order valence-corrected chi connectivity index (χ2v) is 3.24. The maximum atomic E-state index is 12.3. The van der Waals surface area contributed by atoms with Crippen LogP contribution in [0.1, 0.15) is 12.5 Å². The molecule has 0 atom stereocenters. The van der Waals surface area contributed by atoms with Gasteiger partial charge in [0, 0.05) is 12.7 Å². The lowest BCUT2D eigenvalue weighted by atomic mass is 10.2. The molecule has 15 heavy (non-hydrogen) atoms. The van der Waals surface area contributed by atoms with Gasteiger partial charge in [-0.05, 0) is 19.1 Å². The molecule has 5 heteroatoms. The Morgan fingerprint density at radius 3 is 2.73 bits per heavy atom. The normalized spacial score (nSPS) is 11.2. The number of alkyl halides is 3. The van der Waals surface area contributed by atoms with Crippen molar-refractivity contribution in [1.29, 1.82) is 0 Å². The van der Waals surface area contributed by atoms with Gasteiger partial charge >= 0.3 is 6.18 Å². The van der Waals surface area contributed by atoms with E-state index in [4.69, 9.17) is 0 Å². The Hall–Kier alpha value is -1.52. The molecule has 0 bridgehead atoms. The van der Waals surface area contributed by atoms with Gasteiger partial charge in [-0.25, -0.2) is 4.98 Å². The summed E-state index contributed by atoms with van der Waals surface area (Å²) in [5, 5.41) is 2.75. The second-order valence-electron chi connectivity index (χ2n) is 3.24. The van der Waals surface area contributed by atoms with Crippen LogP contribution in [0.15, 0.2) is 30.5 Å². The lowest BCUT2D eigenvalue weighted by molar-refractivity contribution is -0.137. The third kappa shape index (κ3) is 3.61. The van der Waals surface area contributed by atoms with Crippen LogP contribution in [0.2, 0.25) is 0 Å². The summed E-state index contributed by atoms with van der Waals surface area (Å²) < 4.78 is 36.9. The second kappa shape index (κ2) is 4.33. The average Bonchev–Trinajstić information content (AvgIpc) is 2.14.